The van der Waals surface area contributed by atoms with Crippen molar-refractivity contribution in [3.63, 3.8) is 0 Å². The summed E-state index contributed by atoms with van der Waals surface area (Å²) in [6.07, 6.45) is 2.95. The van der Waals surface area contributed by atoms with E-state index in [0.29, 0.717) is 23.8 Å². The lowest BCUT2D eigenvalue weighted by Gasteiger charge is -2.28. The molecule has 0 bridgehead atoms. The summed E-state index contributed by atoms with van der Waals surface area (Å²) in [7, 11) is 0. The van der Waals surface area contributed by atoms with Gasteiger partial charge in [0.2, 0.25) is 11.9 Å². The topological polar surface area (TPSA) is 111 Å². The van der Waals surface area contributed by atoms with Crippen LogP contribution in [0.25, 0.3) is 5.95 Å². The monoisotopic (exact) mass is 291 g/mol. The van der Waals surface area contributed by atoms with E-state index in [1.54, 1.807) is 0 Å². The second-order valence-electron chi connectivity index (χ2n) is 5.38. The van der Waals surface area contributed by atoms with E-state index in [2.05, 4.69) is 63.1 Å². The average molecular weight is 291 g/mol. The first kappa shape index (κ1) is 15.1. The quantitative estimate of drug-likeness (QED) is 0.588. The number of nitrogens with two attached hydrogens (primary N) is 1. The maximum atomic E-state index is 5.45. The van der Waals surface area contributed by atoms with Gasteiger partial charge >= 0.3 is 0 Å². The Morgan fingerprint density at radius 2 is 2.00 bits per heavy atom. The zero-order valence-corrected chi connectivity index (χ0v) is 12.7. The van der Waals surface area contributed by atoms with E-state index in [-0.39, 0.29) is 6.04 Å². The van der Waals surface area contributed by atoms with E-state index < -0.39 is 0 Å². The largest absolute Gasteiger partial charge is 0.338 e. The van der Waals surface area contributed by atoms with E-state index in [0.717, 1.165) is 6.54 Å². The molecule has 9 heteroatoms. The predicted octanol–water partition coefficient (Wildman–Crippen LogP) is 0.609. The van der Waals surface area contributed by atoms with Crippen molar-refractivity contribution in [3.05, 3.63) is 12.7 Å². The molecule has 2 heterocycles. The van der Waals surface area contributed by atoms with Crippen LogP contribution in [-0.2, 0) is 0 Å². The van der Waals surface area contributed by atoms with Crippen LogP contribution < -0.4 is 16.2 Å². The predicted molar refractivity (Wildman–Crippen MR) is 79.9 cm³/mol. The minimum Gasteiger partial charge on any atom is -0.338 e. The van der Waals surface area contributed by atoms with Gasteiger partial charge < -0.3 is 4.90 Å². The Labute approximate surface area is 123 Å². The molecule has 0 amide bonds. The van der Waals surface area contributed by atoms with E-state index in [1.165, 1.54) is 17.3 Å². The molecule has 0 saturated heterocycles. The summed E-state index contributed by atoms with van der Waals surface area (Å²) in [6, 6.07) is 0.254. The third-order valence-electron chi connectivity index (χ3n) is 2.81. The Kier molecular flexibility index (Phi) is 4.63. The first-order valence-electron chi connectivity index (χ1n) is 6.85. The Hall–Kier alpha value is -2.29. The second-order valence-corrected chi connectivity index (χ2v) is 5.38. The van der Waals surface area contributed by atoms with Crippen LogP contribution in [0.3, 0.4) is 0 Å². The van der Waals surface area contributed by atoms with Gasteiger partial charge in [0.15, 0.2) is 0 Å². The summed E-state index contributed by atoms with van der Waals surface area (Å²) >= 11 is 0. The first-order chi connectivity index (χ1) is 10.0. The molecule has 0 radical (unpaired) electrons. The molecule has 2 aromatic rings. The van der Waals surface area contributed by atoms with Gasteiger partial charge in [0.05, 0.1) is 0 Å². The fourth-order valence-corrected chi connectivity index (χ4v) is 1.88. The van der Waals surface area contributed by atoms with Gasteiger partial charge in [-0.1, -0.05) is 13.8 Å². The van der Waals surface area contributed by atoms with E-state index in [1.807, 2.05) is 0 Å². The van der Waals surface area contributed by atoms with Crippen LogP contribution >= 0.6 is 0 Å². The highest BCUT2D eigenvalue weighted by Gasteiger charge is 2.18. The Morgan fingerprint density at radius 3 is 2.52 bits per heavy atom. The van der Waals surface area contributed by atoms with Crippen molar-refractivity contribution in [2.24, 2.45) is 11.8 Å². The van der Waals surface area contributed by atoms with Gasteiger partial charge in [-0.25, -0.2) is 10.8 Å². The Bertz CT molecular complexity index is 564. The SMILES string of the molecule is CC(C)CN(c1nc(NN)nc(-n2cncn2)n1)C(C)C. The van der Waals surface area contributed by atoms with Crippen molar-refractivity contribution in [2.45, 2.75) is 33.7 Å². The van der Waals surface area contributed by atoms with Crippen LogP contribution in [0.4, 0.5) is 11.9 Å². The molecule has 0 aliphatic rings. The fraction of sp³-hybridized carbons (Fsp3) is 0.583. The molecule has 0 atom stereocenters. The van der Waals surface area contributed by atoms with Gasteiger partial charge in [0.1, 0.15) is 12.7 Å². The first-order valence-corrected chi connectivity index (χ1v) is 6.85. The third-order valence-corrected chi connectivity index (χ3v) is 2.81. The lowest BCUT2D eigenvalue weighted by molar-refractivity contribution is 0.558. The number of nitrogen functional groups attached to an aromatic ring is 1. The molecule has 2 aromatic heterocycles. The van der Waals surface area contributed by atoms with Gasteiger partial charge in [0.25, 0.3) is 5.95 Å². The highest BCUT2D eigenvalue weighted by atomic mass is 15.4. The molecular formula is C12H21N9. The molecule has 0 saturated carbocycles. The summed E-state index contributed by atoms with van der Waals surface area (Å²) in [4.78, 5) is 19.0. The number of nitrogens with zero attached hydrogens (tertiary/aromatic N) is 7. The minimum atomic E-state index is 0.254. The van der Waals surface area contributed by atoms with Crippen LogP contribution in [0.5, 0.6) is 0 Å². The van der Waals surface area contributed by atoms with Gasteiger partial charge in [-0.3, -0.25) is 5.43 Å². The van der Waals surface area contributed by atoms with E-state index >= 15 is 0 Å². The zero-order chi connectivity index (χ0) is 15.4. The summed E-state index contributed by atoms with van der Waals surface area (Å²) in [6.45, 7) is 9.32. The van der Waals surface area contributed by atoms with Crippen molar-refractivity contribution in [2.75, 3.05) is 16.9 Å². The van der Waals surface area contributed by atoms with Gasteiger partial charge in [-0.15, -0.1) is 0 Å². The zero-order valence-electron chi connectivity index (χ0n) is 12.7. The molecule has 3 N–H and O–H groups in total. The molecule has 0 unspecified atom stereocenters. The molecule has 0 aliphatic carbocycles. The number of hydrogen-bond donors (Lipinski definition) is 2. The third kappa shape index (κ3) is 3.63. The van der Waals surface area contributed by atoms with Gasteiger partial charge in [-0.2, -0.15) is 24.7 Å². The van der Waals surface area contributed by atoms with Crippen LogP contribution in [0.2, 0.25) is 0 Å². The smallest absolute Gasteiger partial charge is 0.258 e. The summed E-state index contributed by atoms with van der Waals surface area (Å²) < 4.78 is 1.47. The number of aromatic nitrogens is 6. The highest BCUT2D eigenvalue weighted by Crippen LogP contribution is 2.16. The lowest BCUT2D eigenvalue weighted by Crippen LogP contribution is -2.36. The van der Waals surface area contributed by atoms with Crippen LogP contribution in [0.1, 0.15) is 27.7 Å². The number of nitrogens with one attached hydrogen (secondary N) is 1. The maximum absolute atomic E-state index is 5.45. The number of anilines is 2. The van der Waals surface area contributed by atoms with Gasteiger partial charge in [0, 0.05) is 12.6 Å². The fourth-order valence-electron chi connectivity index (χ4n) is 1.88. The van der Waals surface area contributed by atoms with Crippen molar-refractivity contribution >= 4 is 11.9 Å². The molecule has 0 aliphatic heterocycles. The van der Waals surface area contributed by atoms with Crippen LogP contribution in [-0.4, -0.2) is 42.3 Å². The number of rotatable bonds is 6. The second kappa shape index (κ2) is 6.44. The molecule has 9 nitrogen and oxygen atoms in total. The van der Waals surface area contributed by atoms with Crippen molar-refractivity contribution in [1.29, 1.82) is 0 Å². The average Bonchev–Trinajstić information content (AvgIpc) is 2.98. The summed E-state index contributed by atoms with van der Waals surface area (Å²) in [5.41, 5.74) is 2.47. The van der Waals surface area contributed by atoms with Crippen LogP contribution in [0.15, 0.2) is 12.7 Å². The molecule has 114 valence electrons. The standard InChI is InChI=1S/C12H21N9/c1-8(2)5-20(9(3)4)11-16-10(19-13)17-12(18-11)21-7-14-6-15-21/h6-9H,5,13H2,1-4H3,(H,16,17,18,19). The van der Waals surface area contributed by atoms with Crippen LogP contribution in [0, 0.1) is 5.92 Å². The van der Waals surface area contributed by atoms with E-state index in [9.17, 15) is 0 Å². The highest BCUT2D eigenvalue weighted by molar-refractivity contribution is 5.40. The lowest BCUT2D eigenvalue weighted by atomic mass is 10.2. The molecule has 0 fully saturated rings. The molecule has 21 heavy (non-hydrogen) atoms. The van der Waals surface area contributed by atoms with Crippen molar-refractivity contribution in [3.8, 4) is 5.95 Å². The summed E-state index contributed by atoms with van der Waals surface area (Å²) in [5.74, 6) is 7.16. The molecular weight excluding hydrogens is 270 g/mol. The van der Waals surface area contributed by atoms with E-state index in [4.69, 9.17) is 5.84 Å². The molecule has 2 rings (SSSR count). The van der Waals surface area contributed by atoms with Crippen molar-refractivity contribution < 1.29 is 0 Å². The summed E-state index contributed by atoms with van der Waals surface area (Å²) in [5, 5.41) is 4.03. The molecule has 0 aromatic carbocycles. The molecule has 0 spiro atoms. The van der Waals surface area contributed by atoms with Crippen molar-refractivity contribution in [1.82, 2.24) is 29.7 Å². The van der Waals surface area contributed by atoms with Gasteiger partial charge in [-0.05, 0) is 19.8 Å². The minimum absolute atomic E-state index is 0.254. The number of hydrazine groups is 1. The Morgan fingerprint density at radius 1 is 1.24 bits per heavy atom. The number of hydrogen-bond acceptors (Lipinski definition) is 8. The maximum Gasteiger partial charge on any atom is 0.258 e. The normalized spacial score (nSPS) is 11.2. The Balaban J connectivity index is 2.44.